The number of amides is 2. The van der Waals surface area contributed by atoms with Crippen LogP contribution < -0.4 is 0 Å². The van der Waals surface area contributed by atoms with Crippen LogP contribution in [-0.4, -0.2) is 40.7 Å². The Morgan fingerprint density at radius 2 is 1.73 bits per heavy atom. The van der Waals surface area contributed by atoms with Crippen molar-refractivity contribution >= 4 is 23.2 Å². The highest BCUT2D eigenvalue weighted by Gasteiger charge is 2.34. The summed E-state index contributed by atoms with van der Waals surface area (Å²) in [5.74, 6) is -0.0852. The lowest BCUT2D eigenvalue weighted by atomic mass is 9.92. The molecule has 2 heterocycles. The first-order chi connectivity index (χ1) is 17.9. The van der Waals surface area contributed by atoms with E-state index in [-0.39, 0.29) is 30.4 Å². The molecule has 0 spiro atoms. The SMILES string of the molecule is CCCCCCc1ccc(C(=O)N(CC(=O)N2CCc3sccc3[C@@H]2c2ccc(C)cc2)C(C)C)cc1. The smallest absolute Gasteiger partial charge is 0.254 e. The molecule has 0 saturated heterocycles. The second kappa shape index (κ2) is 12.6. The Balaban J connectivity index is 1.50. The number of nitrogens with zero attached hydrogens (tertiary/aromatic N) is 2. The van der Waals surface area contributed by atoms with Crippen molar-refractivity contribution in [2.75, 3.05) is 13.1 Å². The van der Waals surface area contributed by atoms with Gasteiger partial charge >= 0.3 is 0 Å². The quantitative estimate of drug-likeness (QED) is 0.267. The van der Waals surface area contributed by atoms with Gasteiger partial charge in [0.2, 0.25) is 5.91 Å². The summed E-state index contributed by atoms with van der Waals surface area (Å²) < 4.78 is 0. The van der Waals surface area contributed by atoms with Crippen LogP contribution in [0.5, 0.6) is 0 Å². The van der Waals surface area contributed by atoms with Crippen molar-refractivity contribution in [1.82, 2.24) is 9.80 Å². The Morgan fingerprint density at radius 3 is 2.41 bits per heavy atom. The number of hydrogen-bond acceptors (Lipinski definition) is 3. The van der Waals surface area contributed by atoms with Crippen LogP contribution in [0.3, 0.4) is 0 Å². The summed E-state index contributed by atoms with van der Waals surface area (Å²) in [7, 11) is 0. The molecule has 2 amide bonds. The van der Waals surface area contributed by atoms with Gasteiger partial charge in [-0.25, -0.2) is 0 Å². The van der Waals surface area contributed by atoms with Crippen LogP contribution in [-0.2, 0) is 17.6 Å². The standard InChI is InChI=1S/C32H40N2O2S/c1-5-6-7-8-9-25-12-16-27(17-13-25)32(36)34(23(2)3)22-30(35)33-20-18-29-28(19-21-37-29)31(33)26-14-10-24(4)11-15-26/h10-17,19,21,23,31H,5-9,18,20,22H2,1-4H3/t31-/m0/s1. The van der Waals surface area contributed by atoms with Gasteiger partial charge in [0.15, 0.2) is 0 Å². The van der Waals surface area contributed by atoms with Crippen molar-refractivity contribution in [3.63, 3.8) is 0 Å². The molecule has 1 aromatic heterocycles. The van der Waals surface area contributed by atoms with Crippen LogP contribution >= 0.6 is 11.3 Å². The summed E-state index contributed by atoms with van der Waals surface area (Å²) in [6.45, 7) is 9.01. The van der Waals surface area contributed by atoms with E-state index in [9.17, 15) is 9.59 Å². The second-order valence-electron chi connectivity index (χ2n) is 10.5. The van der Waals surface area contributed by atoms with Gasteiger partial charge in [-0.05, 0) is 80.3 Å². The summed E-state index contributed by atoms with van der Waals surface area (Å²) in [4.78, 5) is 32.3. The maximum atomic E-state index is 13.8. The van der Waals surface area contributed by atoms with Crippen LogP contribution in [0.4, 0.5) is 0 Å². The van der Waals surface area contributed by atoms with Crippen molar-refractivity contribution in [1.29, 1.82) is 0 Å². The Labute approximate surface area is 226 Å². The summed E-state index contributed by atoms with van der Waals surface area (Å²) in [6.07, 6.45) is 6.82. The van der Waals surface area contributed by atoms with Gasteiger partial charge in [0.05, 0.1) is 6.04 Å². The van der Waals surface area contributed by atoms with Gasteiger partial charge in [0, 0.05) is 23.0 Å². The number of benzene rings is 2. The molecule has 37 heavy (non-hydrogen) atoms. The predicted octanol–water partition coefficient (Wildman–Crippen LogP) is 7.20. The summed E-state index contributed by atoms with van der Waals surface area (Å²) in [6, 6.07) is 18.4. The van der Waals surface area contributed by atoms with E-state index in [4.69, 9.17) is 0 Å². The van der Waals surface area contributed by atoms with Gasteiger partial charge in [0.25, 0.3) is 5.91 Å². The highest BCUT2D eigenvalue weighted by molar-refractivity contribution is 7.10. The van der Waals surface area contributed by atoms with E-state index in [1.54, 1.807) is 16.2 Å². The number of carbonyl (C=O) groups is 2. The number of rotatable bonds is 10. The number of thiophene rings is 1. The number of fused-ring (bicyclic) bond motifs is 1. The molecule has 1 aliphatic rings. The number of carbonyl (C=O) groups excluding carboxylic acids is 2. The van der Waals surface area contributed by atoms with Crippen LogP contribution in [0.1, 0.15) is 90.0 Å². The van der Waals surface area contributed by atoms with Gasteiger partial charge in [-0.2, -0.15) is 0 Å². The maximum Gasteiger partial charge on any atom is 0.254 e. The van der Waals surface area contributed by atoms with Crippen molar-refractivity contribution < 1.29 is 9.59 Å². The highest BCUT2D eigenvalue weighted by Crippen LogP contribution is 2.38. The third-order valence-corrected chi connectivity index (χ3v) is 8.39. The van der Waals surface area contributed by atoms with E-state index in [1.165, 1.54) is 47.3 Å². The molecule has 1 aliphatic heterocycles. The Kier molecular flexibility index (Phi) is 9.20. The van der Waals surface area contributed by atoms with E-state index < -0.39 is 0 Å². The largest absolute Gasteiger partial charge is 0.330 e. The van der Waals surface area contributed by atoms with Gasteiger partial charge < -0.3 is 9.80 Å². The van der Waals surface area contributed by atoms with Crippen LogP contribution in [0.15, 0.2) is 60.0 Å². The molecule has 0 aliphatic carbocycles. The minimum absolute atomic E-state index is 0.00276. The Morgan fingerprint density at radius 1 is 1.00 bits per heavy atom. The fraction of sp³-hybridized carbons (Fsp3) is 0.438. The van der Waals surface area contributed by atoms with E-state index in [0.717, 1.165) is 18.4 Å². The lowest BCUT2D eigenvalue weighted by Crippen LogP contribution is -2.48. The van der Waals surface area contributed by atoms with Crippen LogP contribution in [0.2, 0.25) is 0 Å². The molecule has 0 saturated carbocycles. The zero-order chi connectivity index (χ0) is 26.4. The summed E-state index contributed by atoms with van der Waals surface area (Å²) in [5.41, 5.74) is 5.44. The molecular weight excluding hydrogens is 476 g/mol. The zero-order valence-electron chi connectivity index (χ0n) is 22.7. The lowest BCUT2D eigenvalue weighted by Gasteiger charge is -2.38. The second-order valence-corrected chi connectivity index (χ2v) is 11.5. The third kappa shape index (κ3) is 6.51. The molecule has 0 fully saturated rings. The fourth-order valence-corrected chi connectivity index (χ4v) is 6.06. The number of aryl methyl sites for hydroxylation is 2. The van der Waals surface area contributed by atoms with E-state index in [0.29, 0.717) is 12.1 Å². The summed E-state index contributed by atoms with van der Waals surface area (Å²) in [5, 5.41) is 2.12. The fourth-order valence-electron chi connectivity index (χ4n) is 5.15. The first kappa shape index (κ1) is 27.1. The minimum Gasteiger partial charge on any atom is -0.330 e. The molecule has 0 radical (unpaired) electrons. The van der Waals surface area contributed by atoms with Crippen LogP contribution in [0, 0.1) is 6.92 Å². The minimum atomic E-state index is -0.112. The normalized spacial score (nSPS) is 15.1. The van der Waals surface area contributed by atoms with Gasteiger partial charge in [-0.1, -0.05) is 68.1 Å². The van der Waals surface area contributed by atoms with Crippen LogP contribution in [0.25, 0.3) is 0 Å². The van der Waals surface area contributed by atoms with Gasteiger partial charge in [-0.3, -0.25) is 9.59 Å². The van der Waals surface area contributed by atoms with Gasteiger partial charge in [0.1, 0.15) is 6.54 Å². The Hall–Kier alpha value is -2.92. The Bertz CT molecular complexity index is 1180. The first-order valence-electron chi connectivity index (χ1n) is 13.7. The van der Waals surface area contributed by atoms with Crippen molar-refractivity contribution in [3.05, 3.63) is 92.7 Å². The third-order valence-electron chi connectivity index (χ3n) is 7.39. The molecule has 196 valence electrons. The molecule has 1 atom stereocenters. The van der Waals surface area contributed by atoms with Crippen molar-refractivity contribution in [2.24, 2.45) is 0 Å². The molecule has 0 N–H and O–H groups in total. The molecule has 4 rings (SSSR count). The number of hydrogen-bond donors (Lipinski definition) is 0. The summed E-state index contributed by atoms with van der Waals surface area (Å²) >= 11 is 1.77. The lowest BCUT2D eigenvalue weighted by molar-refractivity contribution is -0.134. The molecule has 4 nitrogen and oxygen atoms in total. The molecular formula is C32H40N2O2S. The average Bonchev–Trinajstić information content (AvgIpc) is 3.38. The van der Waals surface area contributed by atoms with E-state index >= 15 is 0 Å². The van der Waals surface area contributed by atoms with E-state index in [2.05, 4.69) is 61.7 Å². The maximum absolute atomic E-state index is 13.8. The molecule has 3 aromatic rings. The average molecular weight is 517 g/mol. The number of unbranched alkanes of at least 4 members (excludes halogenated alkanes) is 3. The molecule has 2 aromatic carbocycles. The predicted molar refractivity (Wildman–Crippen MR) is 153 cm³/mol. The van der Waals surface area contributed by atoms with Crippen molar-refractivity contribution in [2.45, 2.75) is 78.3 Å². The molecule has 5 heteroatoms. The monoisotopic (exact) mass is 516 g/mol. The van der Waals surface area contributed by atoms with Gasteiger partial charge in [-0.15, -0.1) is 11.3 Å². The highest BCUT2D eigenvalue weighted by atomic mass is 32.1. The zero-order valence-corrected chi connectivity index (χ0v) is 23.5. The van der Waals surface area contributed by atoms with E-state index in [1.807, 2.05) is 30.9 Å². The molecule has 0 unspecified atom stereocenters. The van der Waals surface area contributed by atoms with Crippen molar-refractivity contribution in [3.8, 4) is 0 Å². The first-order valence-corrected chi connectivity index (χ1v) is 14.6. The topological polar surface area (TPSA) is 40.6 Å². The molecule has 0 bridgehead atoms.